The van der Waals surface area contributed by atoms with E-state index in [1.54, 1.807) is 25.1 Å². The maximum Gasteiger partial charge on any atom is 0.186 e. The third-order valence-electron chi connectivity index (χ3n) is 2.53. The topological polar surface area (TPSA) is 37.8 Å². The normalized spacial score (nSPS) is 10.6. The number of benzene rings is 1. The Labute approximate surface area is 124 Å². The van der Waals surface area contributed by atoms with Crippen molar-refractivity contribution in [1.29, 1.82) is 0 Å². The van der Waals surface area contributed by atoms with Crippen LogP contribution in [0.5, 0.6) is 0 Å². The number of hydrogen-bond acceptors (Lipinski definition) is 3. The molecule has 1 heterocycles. The number of aryl methyl sites for hydroxylation is 1. The molecule has 2 aromatic rings. The lowest BCUT2D eigenvalue weighted by molar-refractivity contribution is 0.606. The Kier molecular flexibility index (Phi) is 4.37. The fraction of sp³-hybridized carbons (Fsp3) is 0.231. The summed E-state index contributed by atoms with van der Waals surface area (Å²) in [6, 6.07) is 5.30. The van der Waals surface area contributed by atoms with E-state index in [4.69, 9.17) is 11.6 Å². The second-order valence-electron chi connectivity index (χ2n) is 3.95. The van der Waals surface area contributed by atoms with Gasteiger partial charge in [-0.1, -0.05) is 11.6 Å². The molecule has 0 aliphatic heterocycles. The van der Waals surface area contributed by atoms with E-state index < -0.39 is 5.82 Å². The van der Waals surface area contributed by atoms with E-state index in [1.807, 2.05) is 6.92 Å². The van der Waals surface area contributed by atoms with Crippen molar-refractivity contribution in [2.24, 2.45) is 0 Å². The maximum atomic E-state index is 13.8. The van der Waals surface area contributed by atoms with Crippen LogP contribution in [0.25, 0.3) is 11.4 Å². The van der Waals surface area contributed by atoms with E-state index in [9.17, 15) is 4.39 Å². The van der Waals surface area contributed by atoms with Crippen LogP contribution in [0, 0.1) is 12.7 Å². The molecule has 2 rings (SSSR count). The molecule has 100 valence electrons. The van der Waals surface area contributed by atoms with Crippen molar-refractivity contribution in [3.05, 3.63) is 39.2 Å². The Hall–Kier alpha value is -1.20. The summed E-state index contributed by atoms with van der Waals surface area (Å²) in [5.41, 5.74) is 1.08. The smallest absolute Gasteiger partial charge is 0.186 e. The molecule has 0 bridgehead atoms. The first kappa shape index (κ1) is 14.2. The van der Waals surface area contributed by atoms with Gasteiger partial charge in [-0.2, -0.15) is 0 Å². The van der Waals surface area contributed by atoms with Crippen molar-refractivity contribution in [3.8, 4) is 11.4 Å². The first-order chi connectivity index (χ1) is 9.02. The van der Waals surface area contributed by atoms with Gasteiger partial charge >= 0.3 is 0 Å². The molecule has 0 amide bonds. The second kappa shape index (κ2) is 5.84. The number of nitrogens with one attached hydrogen (secondary N) is 1. The second-order valence-corrected chi connectivity index (χ2v) is 5.24. The minimum atomic E-state index is -0.421. The van der Waals surface area contributed by atoms with Crippen molar-refractivity contribution in [2.75, 3.05) is 11.9 Å². The third kappa shape index (κ3) is 3.04. The monoisotopic (exact) mass is 343 g/mol. The van der Waals surface area contributed by atoms with Crippen LogP contribution in [-0.2, 0) is 0 Å². The van der Waals surface area contributed by atoms with E-state index in [-0.39, 0.29) is 5.82 Å². The van der Waals surface area contributed by atoms with Crippen molar-refractivity contribution < 1.29 is 4.39 Å². The SMILES string of the molecule is CCNc1nc(-c2ccc(Cl)cc2Br)nc(C)c1F. The van der Waals surface area contributed by atoms with Gasteiger partial charge in [-0.15, -0.1) is 0 Å². The average Bonchev–Trinajstić information content (AvgIpc) is 2.35. The first-order valence-electron chi connectivity index (χ1n) is 5.76. The fourth-order valence-electron chi connectivity index (χ4n) is 1.64. The van der Waals surface area contributed by atoms with E-state index in [0.29, 0.717) is 23.1 Å². The van der Waals surface area contributed by atoms with Gasteiger partial charge < -0.3 is 5.32 Å². The molecule has 0 unspecified atom stereocenters. The first-order valence-corrected chi connectivity index (χ1v) is 6.93. The van der Waals surface area contributed by atoms with Gasteiger partial charge in [-0.25, -0.2) is 14.4 Å². The zero-order chi connectivity index (χ0) is 14.0. The summed E-state index contributed by atoms with van der Waals surface area (Å²) in [5.74, 6) is 0.251. The highest BCUT2D eigenvalue weighted by molar-refractivity contribution is 9.10. The molecule has 6 heteroatoms. The molecule has 0 radical (unpaired) electrons. The summed E-state index contributed by atoms with van der Waals surface area (Å²) in [6.45, 7) is 4.09. The number of hydrogen-bond donors (Lipinski definition) is 1. The van der Waals surface area contributed by atoms with E-state index >= 15 is 0 Å². The number of halogens is 3. The molecule has 0 aliphatic rings. The summed E-state index contributed by atoms with van der Waals surface area (Å²) in [5, 5.41) is 3.50. The third-order valence-corrected chi connectivity index (χ3v) is 3.42. The number of rotatable bonds is 3. The van der Waals surface area contributed by atoms with Gasteiger partial charge in [0.2, 0.25) is 0 Å². The predicted molar refractivity (Wildman–Crippen MR) is 79.0 cm³/mol. The van der Waals surface area contributed by atoms with Gasteiger partial charge in [0.25, 0.3) is 0 Å². The lowest BCUT2D eigenvalue weighted by atomic mass is 10.2. The van der Waals surface area contributed by atoms with Crippen molar-refractivity contribution in [2.45, 2.75) is 13.8 Å². The molecular formula is C13H12BrClFN3. The van der Waals surface area contributed by atoms with Crippen molar-refractivity contribution >= 4 is 33.3 Å². The molecule has 19 heavy (non-hydrogen) atoms. The van der Waals surface area contributed by atoms with Crippen LogP contribution in [0.15, 0.2) is 22.7 Å². The van der Waals surface area contributed by atoms with Gasteiger partial charge in [0.1, 0.15) is 0 Å². The largest absolute Gasteiger partial charge is 0.368 e. The molecule has 1 N–H and O–H groups in total. The van der Waals surface area contributed by atoms with Crippen molar-refractivity contribution in [3.63, 3.8) is 0 Å². The molecular weight excluding hydrogens is 333 g/mol. The van der Waals surface area contributed by atoms with Crippen LogP contribution in [-0.4, -0.2) is 16.5 Å². The fourth-order valence-corrected chi connectivity index (χ4v) is 2.50. The van der Waals surface area contributed by atoms with Gasteiger partial charge in [0.15, 0.2) is 17.5 Å². The quantitative estimate of drug-likeness (QED) is 0.894. The molecule has 3 nitrogen and oxygen atoms in total. The van der Waals surface area contributed by atoms with Crippen LogP contribution in [0.1, 0.15) is 12.6 Å². The lowest BCUT2D eigenvalue weighted by Crippen LogP contribution is -2.07. The van der Waals surface area contributed by atoms with Crippen LogP contribution in [0.3, 0.4) is 0 Å². The summed E-state index contributed by atoms with van der Waals surface area (Å²) in [6.07, 6.45) is 0. The maximum absolute atomic E-state index is 13.8. The molecule has 0 saturated carbocycles. The van der Waals surface area contributed by atoms with Gasteiger partial charge in [0, 0.05) is 21.6 Å². The Morgan fingerprint density at radius 2 is 2.11 bits per heavy atom. The lowest BCUT2D eigenvalue weighted by Gasteiger charge is -2.10. The minimum absolute atomic E-state index is 0.215. The van der Waals surface area contributed by atoms with Crippen LogP contribution in [0.2, 0.25) is 5.02 Å². The molecule has 0 saturated heterocycles. The number of anilines is 1. The summed E-state index contributed by atoms with van der Waals surface area (Å²) >= 11 is 9.31. The molecule has 1 aromatic carbocycles. The van der Waals surface area contributed by atoms with Crippen LogP contribution in [0.4, 0.5) is 10.2 Å². The highest BCUT2D eigenvalue weighted by atomic mass is 79.9. The standard InChI is InChI=1S/C13H12BrClFN3/c1-3-17-13-11(16)7(2)18-12(19-13)9-5-4-8(15)6-10(9)14/h4-6H,3H2,1-2H3,(H,17,18,19). The predicted octanol–water partition coefficient (Wildman–Crippen LogP) is 4.44. The summed E-state index contributed by atoms with van der Waals surface area (Å²) < 4.78 is 14.6. The molecule has 1 aromatic heterocycles. The van der Waals surface area contributed by atoms with Gasteiger partial charge in [-0.05, 0) is 48.0 Å². The Morgan fingerprint density at radius 3 is 2.74 bits per heavy atom. The summed E-state index contributed by atoms with van der Waals surface area (Å²) in [4.78, 5) is 8.39. The Balaban J connectivity index is 2.56. The zero-order valence-electron chi connectivity index (χ0n) is 10.5. The zero-order valence-corrected chi connectivity index (χ0v) is 12.8. The van der Waals surface area contributed by atoms with Crippen LogP contribution >= 0.6 is 27.5 Å². The Bertz CT molecular complexity index is 619. The molecule has 0 spiro atoms. The number of aromatic nitrogens is 2. The highest BCUT2D eigenvalue weighted by Crippen LogP contribution is 2.30. The minimum Gasteiger partial charge on any atom is -0.368 e. The van der Waals surface area contributed by atoms with Gasteiger partial charge in [-0.3, -0.25) is 0 Å². The molecule has 0 atom stereocenters. The number of nitrogens with zero attached hydrogens (tertiary/aromatic N) is 2. The summed E-state index contributed by atoms with van der Waals surface area (Å²) in [7, 11) is 0. The van der Waals surface area contributed by atoms with E-state index in [1.165, 1.54) is 0 Å². The Morgan fingerprint density at radius 1 is 1.37 bits per heavy atom. The van der Waals surface area contributed by atoms with Gasteiger partial charge in [0.05, 0.1) is 5.69 Å². The average molecular weight is 345 g/mol. The molecule has 0 fully saturated rings. The van der Waals surface area contributed by atoms with E-state index in [2.05, 4.69) is 31.2 Å². The van der Waals surface area contributed by atoms with Crippen molar-refractivity contribution in [1.82, 2.24) is 9.97 Å². The van der Waals surface area contributed by atoms with E-state index in [0.717, 1.165) is 10.0 Å². The highest BCUT2D eigenvalue weighted by Gasteiger charge is 2.14. The van der Waals surface area contributed by atoms with Crippen LogP contribution < -0.4 is 5.32 Å². The molecule has 0 aliphatic carbocycles.